The van der Waals surface area contributed by atoms with Gasteiger partial charge in [0.2, 0.25) is 0 Å². The highest BCUT2D eigenvalue weighted by Gasteiger charge is 2.38. The molecule has 2 rings (SSSR count). The Labute approximate surface area is 105 Å². The molecule has 18 heavy (non-hydrogen) atoms. The van der Waals surface area contributed by atoms with Crippen LogP contribution in [0.2, 0.25) is 0 Å². The molecule has 2 amide bonds. The molecule has 2 aliphatic rings. The molecular weight excluding hydrogens is 236 g/mol. The van der Waals surface area contributed by atoms with Crippen LogP contribution in [-0.2, 0) is 19.2 Å². The lowest BCUT2D eigenvalue weighted by atomic mass is 10.00. The van der Waals surface area contributed by atoms with Crippen molar-refractivity contribution in [2.24, 2.45) is 5.73 Å². The molecule has 0 bridgehead atoms. The van der Waals surface area contributed by atoms with Crippen LogP contribution in [0.5, 0.6) is 0 Å². The third-order valence-corrected chi connectivity index (χ3v) is 2.74. The standard InChI is InChI=1S/C12H16N2O4/c13-5-6-17-7-8-18-14-11(15)9-3-1-2-4-10(9)12(14)16/h1,3H,2,4-8,13H2. The maximum atomic E-state index is 11.9. The molecule has 0 saturated carbocycles. The Balaban J connectivity index is 1.87. The smallest absolute Gasteiger partial charge is 0.285 e. The van der Waals surface area contributed by atoms with Crippen molar-refractivity contribution in [2.75, 3.05) is 26.4 Å². The molecule has 0 aromatic rings. The van der Waals surface area contributed by atoms with Crippen LogP contribution in [0.1, 0.15) is 12.8 Å². The van der Waals surface area contributed by atoms with E-state index in [-0.39, 0.29) is 18.4 Å². The average molecular weight is 252 g/mol. The third-order valence-electron chi connectivity index (χ3n) is 2.74. The Morgan fingerprint density at radius 3 is 2.78 bits per heavy atom. The van der Waals surface area contributed by atoms with Crippen LogP contribution in [0.4, 0.5) is 0 Å². The number of hydroxylamine groups is 2. The van der Waals surface area contributed by atoms with E-state index in [9.17, 15) is 9.59 Å². The van der Waals surface area contributed by atoms with Crippen molar-refractivity contribution < 1.29 is 19.2 Å². The van der Waals surface area contributed by atoms with Gasteiger partial charge in [-0.3, -0.25) is 14.4 Å². The van der Waals surface area contributed by atoms with Gasteiger partial charge in [-0.1, -0.05) is 12.2 Å². The topological polar surface area (TPSA) is 81.9 Å². The molecule has 2 N–H and O–H groups in total. The highest BCUT2D eigenvalue weighted by molar-refractivity contribution is 6.20. The van der Waals surface area contributed by atoms with Gasteiger partial charge in [0.25, 0.3) is 11.8 Å². The van der Waals surface area contributed by atoms with Crippen molar-refractivity contribution >= 4 is 11.8 Å². The summed E-state index contributed by atoms with van der Waals surface area (Å²) in [6.07, 6.45) is 4.95. The lowest BCUT2D eigenvalue weighted by Crippen LogP contribution is -2.33. The molecule has 6 nitrogen and oxygen atoms in total. The Bertz CT molecular complexity index is 414. The minimum absolute atomic E-state index is 0.155. The molecule has 0 aromatic heterocycles. The van der Waals surface area contributed by atoms with Crippen molar-refractivity contribution in [1.29, 1.82) is 0 Å². The Morgan fingerprint density at radius 1 is 1.22 bits per heavy atom. The molecule has 0 atom stereocenters. The monoisotopic (exact) mass is 252 g/mol. The van der Waals surface area contributed by atoms with Gasteiger partial charge in [-0.25, -0.2) is 0 Å². The van der Waals surface area contributed by atoms with Crippen LogP contribution in [-0.4, -0.2) is 43.2 Å². The predicted molar refractivity (Wildman–Crippen MR) is 63.1 cm³/mol. The molecule has 1 aliphatic carbocycles. The molecule has 0 unspecified atom stereocenters. The van der Waals surface area contributed by atoms with E-state index >= 15 is 0 Å². The maximum Gasteiger partial charge on any atom is 0.285 e. The summed E-state index contributed by atoms with van der Waals surface area (Å²) in [7, 11) is 0. The summed E-state index contributed by atoms with van der Waals surface area (Å²) in [5.74, 6) is -0.733. The van der Waals surface area contributed by atoms with Crippen LogP contribution in [0.15, 0.2) is 23.3 Å². The molecule has 1 heterocycles. The van der Waals surface area contributed by atoms with E-state index < -0.39 is 0 Å². The van der Waals surface area contributed by atoms with Crippen LogP contribution in [0.25, 0.3) is 0 Å². The highest BCUT2D eigenvalue weighted by atomic mass is 16.7. The second-order valence-corrected chi connectivity index (χ2v) is 3.97. The summed E-state index contributed by atoms with van der Waals surface area (Å²) < 4.78 is 5.10. The Hall–Kier alpha value is -1.50. The van der Waals surface area contributed by atoms with Gasteiger partial charge >= 0.3 is 0 Å². The van der Waals surface area contributed by atoms with Crippen LogP contribution >= 0.6 is 0 Å². The third kappa shape index (κ3) is 2.50. The minimum atomic E-state index is -0.384. The number of carbonyl (C=O) groups is 2. The van der Waals surface area contributed by atoms with Crippen molar-refractivity contribution in [2.45, 2.75) is 12.8 Å². The fraction of sp³-hybridized carbons (Fsp3) is 0.500. The van der Waals surface area contributed by atoms with E-state index in [2.05, 4.69) is 0 Å². The normalized spacial score (nSPS) is 18.8. The number of nitrogens with zero attached hydrogens (tertiary/aromatic N) is 1. The van der Waals surface area contributed by atoms with E-state index in [1.165, 1.54) is 0 Å². The number of carbonyl (C=O) groups excluding carboxylic acids is 2. The van der Waals surface area contributed by atoms with Gasteiger partial charge in [-0.15, -0.1) is 5.06 Å². The minimum Gasteiger partial charge on any atom is -0.378 e. The molecule has 0 radical (unpaired) electrons. The molecule has 0 spiro atoms. The second kappa shape index (κ2) is 5.90. The number of hydrogen-bond acceptors (Lipinski definition) is 5. The summed E-state index contributed by atoms with van der Waals surface area (Å²) in [4.78, 5) is 28.9. The summed E-state index contributed by atoms with van der Waals surface area (Å²) >= 11 is 0. The van der Waals surface area contributed by atoms with E-state index in [1.807, 2.05) is 6.08 Å². The van der Waals surface area contributed by atoms with Gasteiger partial charge in [0, 0.05) is 12.1 Å². The van der Waals surface area contributed by atoms with Crippen LogP contribution < -0.4 is 5.73 Å². The first kappa shape index (κ1) is 12.9. The molecule has 0 aromatic carbocycles. The Kier molecular flexibility index (Phi) is 4.24. The van der Waals surface area contributed by atoms with Gasteiger partial charge in [0.15, 0.2) is 0 Å². The molecule has 0 fully saturated rings. The van der Waals surface area contributed by atoms with Crippen molar-refractivity contribution in [3.63, 3.8) is 0 Å². The van der Waals surface area contributed by atoms with Crippen molar-refractivity contribution in [3.05, 3.63) is 23.3 Å². The molecule has 6 heteroatoms. The first-order valence-corrected chi connectivity index (χ1v) is 5.95. The number of rotatable bonds is 6. The summed E-state index contributed by atoms with van der Waals surface area (Å²) in [6.45, 7) is 1.32. The van der Waals surface area contributed by atoms with Crippen molar-refractivity contribution in [3.8, 4) is 0 Å². The van der Waals surface area contributed by atoms with E-state index in [1.54, 1.807) is 6.08 Å². The largest absolute Gasteiger partial charge is 0.378 e. The second-order valence-electron chi connectivity index (χ2n) is 3.97. The quantitative estimate of drug-likeness (QED) is 0.527. The number of hydrogen-bond donors (Lipinski definition) is 1. The highest BCUT2D eigenvalue weighted by Crippen LogP contribution is 2.28. The number of allylic oxidation sites excluding steroid dienone is 1. The Morgan fingerprint density at radius 2 is 2.06 bits per heavy atom. The first-order valence-electron chi connectivity index (χ1n) is 5.95. The summed E-state index contributed by atoms with van der Waals surface area (Å²) in [5, 5.41) is 0.826. The molecule has 1 aliphatic heterocycles. The fourth-order valence-electron chi connectivity index (χ4n) is 1.90. The van der Waals surface area contributed by atoms with E-state index in [0.29, 0.717) is 37.3 Å². The van der Waals surface area contributed by atoms with Crippen molar-refractivity contribution in [1.82, 2.24) is 5.06 Å². The summed E-state index contributed by atoms with van der Waals surface area (Å²) in [5.41, 5.74) is 6.26. The van der Waals surface area contributed by atoms with Gasteiger partial charge in [0.1, 0.15) is 0 Å². The summed E-state index contributed by atoms with van der Waals surface area (Å²) in [6, 6.07) is 0. The van der Waals surface area contributed by atoms with E-state index in [4.69, 9.17) is 15.3 Å². The van der Waals surface area contributed by atoms with Gasteiger partial charge in [0.05, 0.1) is 25.4 Å². The molecule has 98 valence electrons. The van der Waals surface area contributed by atoms with Gasteiger partial charge < -0.3 is 10.5 Å². The molecular formula is C12H16N2O4. The zero-order chi connectivity index (χ0) is 13.0. The zero-order valence-electron chi connectivity index (χ0n) is 10.1. The lowest BCUT2D eigenvalue weighted by molar-refractivity contribution is -0.189. The molecule has 0 saturated heterocycles. The fourth-order valence-corrected chi connectivity index (χ4v) is 1.90. The number of imide groups is 1. The zero-order valence-corrected chi connectivity index (χ0v) is 10.1. The maximum absolute atomic E-state index is 11.9. The number of nitrogens with two attached hydrogens (primary N) is 1. The number of amides is 2. The van der Waals surface area contributed by atoms with Gasteiger partial charge in [-0.05, 0) is 12.8 Å². The first-order chi connectivity index (χ1) is 8.75. The SMILES string of the molecule is NCCOCCON1C(=O)C2=C(CCC=C2)C1=O. The van der Waals surface area contributed by atoms with E-state index in [0.717, 1.165) is 11.5 Å². The number of ether oxygens (including phenoxy) is 1. The van der Waals surface area contributed by atoms with Crippen LogP contribution in [0, 0.1) is 0 Å². The van der Waals surface area contributed by atoms with Crippen LogP contribution in [0.3, 0.4) is 0 Å². The predicted octanol–water partition coefficient (Wildman–Crippen LogP) is -0.0913. The van der Waals surface area contributed by atoms with Gasteiger partial charge in [-0.2, -0.15) is 0 Å². The lowest BCUT2D eigenvalue weighted by Gasteiger charge is -2.14. The average Bonchev–Trinajstić information content (AvgIpc) is 2.64.